The fraction of sp³-hybridized carbons (Fsp3) is 0.429. The summed E-state index contributed by atoms with van der Waals surface area (Å²) in [6.07, 6.45) is 1.67. The fourth-order valence-corrected chi connectivity index (χ4v) is 2.32. The number of carbonyl (C=O) groups is 2. The Bertz CT molecular complexity index is 538. The van der Waals surface area contributed by atoms with Gasteiger partial charge in [0.1, 0.15) is 11.6 Å². The van der Waals surface area contributed by atoms with Gasteiger partial charge in [-0.05, 0) is 12.0 Å². The van der Waals surface area contributed by atoms with E-state index in [0.717, 1.165) is 18.9 Å². The molecular weight excluding hydrogens is 252 g/mol. The average molecular weight is 267 g/mol. The summed E-state index contributed by atoms with van der Waals surface area (Å²) in [6.45, 7) is 4.26. The quantitative estimate of drug-likeness (QED) is 0.786. The molecule has 0 spiro atoms. The second kappa shape index (κ2) is 5.07. The third-order valence-electron chi connectivity index (χ3n) is 3.59. The number of anilines is 1. The van der Waals surface area contributed by atoms with Crippen LogP contribution in [-0.2, 0) is 4.79 Å². The third kappa shape index (κ3) is 2.25. The Balaban J connectivity index is 2.44. The highest BCUT2D eigenvalue weighted by Gasteiger charge is 2.39. The molecule has 19 heavy (non-hydrogen) atoms. The van der Waals surface area contributed by atoms with Crippen LogP contribution in [0.1, 0.15) is 37.0 Å². The molecule has 1 heterocycles. The lowest BCUT2D eigenvalue weighted by Crippen LogP contribution is -2.34. The van der Waals surface area contributed by atoms with Crippen LogP contribution in [0.25, 0.3) is 0 Å². The van der Waals surface area contributed by atoms with Crippen molar-refractivity contribution < 1.29 is 18.4 Å². The summed E-state index contributed by atoms with van der Waals surface area (Å²) < 4.78 is 26.9. The fourth-order valence-electron chi connectivity index (χ4n) is 2.32. The van der Waals surface area contributed by atoms with E-state index in [2.05, 4.69) is 0 Å². The summed E-state index contributed by atoms with van der Waals surface area (Å²) in [6, 6.07) is 1.67. The van der Waals surface area contributed by atoms with Gasteiger partial charge in [0.2, 0.25) is 0 Å². The van der Waals surface area contributed by atoms with Gasteiger partial charge >= 0.3 is 0 Å². The lowest BCUT2D eigenvalue weighted by Gasteiger charge is -2.22. The second-order valence-electron chi connectivity index (χ2n) is 4.71. The first kappa shape index (κ1) is 13.6. The maximum atomic E-state index is 13.6. The molecule has 0 atom stereocenters. The Labute approximate surface area is 110 Å². The van der Waals surface area contributed by atoms with Crippen LogP contribution in [-0.4, -0.2) is 18.2 Å². The zero-order chi connectivity index (χ0) is 14.2. The van der Waals surface area contributed by atoms with Gasteiger partial charge in [-0.2, -0.15) is 0 Å². The molecule has 0 N–H and O–H groups in total. The maximum absolute atomic E-state index is 13.6. The third-order valence-corrected chi connectivity index (χ3v) is 3.59. The van der Waals surface area contributed by atoms with Crippen molar-refractivity contribution in [3.05, 3.63) is 29.3 Å². The highest BCUT2D eigenvalue weighted by molar-refractivity contribution is 6.52. The molecule has 1 aromatic carbocycles. The maximum Gasteiger partial charge on any atom is 0.299 e. The normalized spacial score (nSPS) is 14.5. The van der Waals surface area contributed by atoms with Crippen LogP contribution in [0.4, 0.5) is 14.5 Å². The molecule has 1 aromatic rings. The number of carbonyl (C=O) groups excluding carboxylic acids is 2. The van der Waals surface area contributed by atoms with Gasteiger partial charge in [0, 0.05) is 12.6 Å². The summed E-state index contributed by atoms with van der Waals surface area (Å²) in [5.41, 5.74) is -0.253. The number of amides is 1. The van der Waals surface area contributed by atoms with Crippen molar-refractivity contribution in [1.29, 1.82) is 0 Å². The summed E-state index contributed by atoms with van der Waals surface area (Å²) in [4.78, 5) is 24.8. The molecule has 1 aliphatic heterocycles. The molecule has 0 saturated carbocycles. The van der Waals surface area contributed by atoms with Crippen molar-refractivity contribution in [2.75, 3.05) is 11.4 Å². The predicted molar refractivity (Wildman–Crippen MR) is 67.1 cm³/mol. The first-order chi connectivity index (χ1) is 8.99. The molecular formula is C14H15F2NO2. The topological polar surface area (TPSA) is 37.4 Å². The Morgan fingerprint density at radius 2 is 1.79 bits per heavy atom. The van der Waals surface area contributed by atoms with Crippen LogP contribution in [0.3, 0.4) is 0 Å². The van der Waals surface area contributed by atoms with Crippen molar-refractivity contribution >= 4 is 17.4 Å². The average Bonchev–Trinajstić information content (AvgIpc) is 2.60. The van der Waals surface area contributed by atoms with Crippen LogP contribution in [0.5, 0.6) is 0 Å². The minimum atomic E-state index is -0.972. The summed E-state index contributed by atoms with van der Waals surface area (Å²) in [5.74, 6) is -3.22. The van der Waals surface area contributed by atoms with Crippen molar-refractivity contribution in [3.63, 3.8) is 0 Å². The molecule has 0 bridgehead atoms. The van der Waals surface area contributed by atoms with E-state index in [1.165, 1.54) is 4.90 Å². The van der Waals surface area contributed by atoms with Crippen LogP contribution >= 0.6 is 0 Å². The molecule has 102 valence electrons. The monoisotopic (exact) mass is 267 g/mol. The molecule has 0 radical (unpaired) electrons. The lowest BCUT2D eigenvalue weighted by molar-refractivity contribution is -0.114. The van der Waals surface area contributed by atoms with Crippen molar-refractivity contribution in [1.82, 2.24) is 0 Å². The van der Waals surface area contributed by atoms with Crippen LogP contribution in [0.2, 0.25) is 0 Å². The Kier molecular flexibility index (Phi) is 3.64. The van der Waals surface area contributed by atoms with Gasteiger partial charge in [-0.1, -0.05) is 26.7 Å². The molecule has 5 heteroatoms. The van der Waals surface area contributed by atoms with Gasteiger partial charge in [0.05, 0.1) is 11.3 Å². The number of Topliss-reactive ketones (excluding diaryl/α,β-unsaturated/α-hetero) is 1. The number of hydrogen-bond acceptors (Lipinski definition) is 2. The molecule has 1 aliphatic rings. The van der Waals surface area contributed by atoms with Gasteiger partial charge in [0.25, 0.3) is 11.7 Å². The molecule has 2 rings (SSSR count). The largest absolute Gasteiger partial charge is 0.304 e. The zero-order valence-corrected chi connectivity index (χ0v) is 10.9. The number of rotatable bonds is 4. The predicted octanol–water partition coefficient (Wildman–Crippen LogP) is 2.93. The summed E-state index contributed by atoms with van der Waals surface area (Å²) in [5, 5.41) is 0. The van der Waals surface area contributed by atoms with E-state index in [1.807, 2.05) is 13.8 Å². The number of hydrogen-bond donors (Lipinski definition) is 0. The van der Waals surface area contributed by atoms with Crippen molar-refractivity contribution in [2.24, 2.45) is 5.92 Å². The van der Waals surface area contributed by atoms with Gasteiger partial charge in [-0.25, -0.2) is 8.78 Å². The number of ketones is 1. The van der Waals surface area contributed by atoms with E-state index in [0.29, 0.717) is 12.6 Å². The second-order valence-corrected chi connectivity index (χ2v) is 4.71. The Hall–Kier alpha value is -1.78. The van der Waals surface area contributed by atoms with Crippen LogP contribution in [0.15, 0.2) is 12.1 Å². The highest BCUT2D eigenvalue weighted by atomic mass is 19.1. The first-order valence-corrected chi connectivity index (χ1v) is 6.34. The first-order valence-electron chi connectivity index (χ1n) is 6.34. The summed E-state index contributed by atoms with van der Waals surface area (Å²) in [7, 11) is 0. The number of fused-ring (bicyclic) bond motifs is 1. The Morgan fingerprint density at radius 1 is 1.16 bits per heavy atom. The molecule has 0 unspecified atom stereocenters. The van der Waals surface area contributed by atoms with E-state index < -0.39 is 23.3 Å². The standard InChI is InChI=1S/C14H15F2NO2/c1-3-8(4-2)7-17-11-6-9(15)5-10(16)12(11)13(18)14(17)19/h5-6,8H,3-4,7H2,1-2H3. The van der Waals surface area contributed by atoms with E-state index in [1.54, 1.807) is 0 Å². The smallest absolute Gasteiger partial charge is 0.299 e. The molecule has 0 aromatic heterocycles. The molecule has 0 aliphatic carbocycles. The van der Waals surface area contributed by atoms with Gasteiger partial charge in [-0.3, -0.25) is 9.59 Å². The summed E-state index contributed by atoms with van der Waals surface area (Å²) >= 11 is 0. The van der Waals surface area contributed by atoms with Gasteiger partial charge in [-0.15, -0.1) is 0 Å². The molecule has 1 amide bonds. The van der Waals surface area contributed by atoms with Crippen molar-refractivity contribution in [3.8, 4) is 0 Å². The number of halogens is 2. The number of benzene rings is 1. The van der Waals surface area contributed by atoms with Gasteiger partial charge in [0.15, 0.2) is 0 Å². The molecule has 0 fully saturated rings. The van der Waals surface area contributed by atoms with Gasteiger partial charge < -0.3 is 4.90 Å². The molecule has 3 nitrogen and oxygen atoms in total. The van der Waals surface area contributed by atoms with E-state index in [4.69, 9.17) is 0 Å². The number of nitrogens with zero attached hydrogens (tertiary/aromatic N) is 1. The van der Waals surface area contributed by atoms with Crippen LogP contribution < -0.4 is 4.90 Å². The van der Waals surface area contributed by atoms with E-state index in [-0.39, 0.29) is 17.2 Å². The SMILES string of the molecule is CCC(CC)CN1C(=O)C(=O)c2c(F)cc(F)cc21. The van der Waals surface area contributed by atoms with E-state index >= 15 is 0 Å². The minimum absolute atomic E-state index is 0.0550. The van der Waals surface area contributed by atoms with Crippen molar-refractivity contribution in [2.45, 2.75) is 26.7 Å². The van der Waals surface area contributed by atoms with Crippen LogP contribution in [0, 0.1) is 17.6 Å². The van der Waals surface area contributed by atoms with E-state index in [9.17, 15) is 18.4 Å². The Morgan fingerprint density at radius 3 is 2.37 bits per heavy atom. The highest BCUT2D eigenvalue weighted by Crippen LogP contribution is 2.33. The lowest BCUT2D eigenvalue weighted by atomic mass is 10.0. The molecule has 0 saturated heterocycles. The minimum Gasteiger partial charge on any atom is -0.304 e. The zero-order valence-electron chi connectivity index (χ0n) is 10.9.